The SMILES string of the molecule is CCCCc1ccc(C=CC(=O)c2ccc(CCCC(=O)OC)cc2)cc1. The molecule has 0 atom stereocenters. The quantitative estimate of drug-likeness (QED) is 0.321. The molecule has 0 bridgehead atoms. The maximum atomic E-state index is 12.3. The summed E-state index contributed by atoms with van der Waals surface area (Å²) in [7, 11) is 1.40. The van der Waals surface area contributed by atoms with Gasteiger partial charge in [0.1, 0.15) is 0 Å². The number of allylic oxidation sites excluding steroid dienone is 1. The number of aryl methyl sites for hydroxylation is 2. The van der Waals surface area contributed by atoms with Gasteiger partial charge in [0.25, 0.3) is 0 Å². The van der Waals surface area contributed by atoms with Crippen LogP contribution in [0.2, 0.25) is 0 Å². The maximum Gasteiger partial charge on any atom is 0.305 e. The number of ketones is 1. The molecule has 0 radical (unpaired) electrons. The van der Waals surface area contributed by atoms with Crippen LogP contribution < -0.4 is 0 Å². The summed E-state index contributed by atoms with van der Waals surface area (Å²) in [6.07, 6.45) is 8.93. The van der Waals surface area contributed by atoms with Crippen LogP contribution in [0, 0.1) is 0 Å². The molecule has 0 aliphatic rings. The van der Waals surface area contributed by atoms with Crippen molar-refractivity contribution in [2.45, 2.75) is 45.4 Å². The van der Waals surface area contributed by atoms with E-state index in [4.69, 9.17) is 0 Å². The van der Waals surface area contributed by atoms with E-state index < -0.39 is 0 Å². The van der Waals surface area contributed by atoms with Gasteiger partial charge in [0.15, 0.2) is 5.78 Å². The van der Waals surface area contributed by atoms with Gasteiger partial charge in [-0.15, -0.1) is 0 Å². The Balaban J connectivity index is 1.87. The molecule has 0 heterocycles. The monoisotopic (exact) mass is 364 g/mol. The Kier molecular flexibility index (Phi) is 8.50. The van der Waals surface area contributed by atoms with Gasteiger partial charge in [-0.05, 0) is 48.4 Å². The van der Waals surface area contributed by atoms with Crippen LogP contribution in [0.3, 0.4) is 0 Å². The van der Waals surface area contributed by atoms with Gasteiger partial charge in [-0.2, -0.15) is 0 Å². The second-order valence-corrected chi connectivity index (χ2v) is 6.67. The zero-order valence-electron chi connectivity index (χ0n) is 16.2. The number of carbonyl (C=O) groups is 2. The van der Waals surface area contributed by atoms with E-state index in [0.717, 1.165) is 30.4 Å². The molecule has 0 aromatic heterocycles. The van der Waals surface area contributed by atoms with Gasteiger partial charge in [0.2, 0.25) is 0 Å². The predicted octanol–water partition coefficient (Wildman–Crippen LogP) is 5.42. The molecule has 3 heteroatoms. The van der Waals surface area contributed by atoms with Crippen molar-refractivity contribution >= 4 is 17.8 Å². The highest BCUT2D eigenvalue weighted by molar-refractivity contribution is 6.06. The van der Waals surface area contributed by atoms with Crippen LogP contribution in [0.4, 0.5) is 0 Å². The standard InChI is InChI=1S/C24H28O3/c1-3-4-6-19-9-11-21(12-10-19)15-18-23(25)22-16-13-20(14-17-22)7-5-8-24(26)27-2/h9-18H,3-8H2,1-2H3. The minimum Gasteiger partial charge on any atom is -0.469 e. The molecule has 2 rings (SSSR count). The molecular weight excluding hydrogens is 336 g/mol. The number of methoxy groups -OCH3 is 1. The number of hydrogen-bond donors (Lipinski definition) is 0. The van der Waals surface area contributed by atoms with Crippen molar-refractivity contribution < 1.29 is 14.3 Å². The van der Waals surface area contributed by atoms with Crippen LogP contribution in [0.5, 0.6) is 0 Å². The second kappa shape index (κ2) is 11.1. The van der Waals surface area contributed by atoms with Gasteiger partial charge in [-0.1, -0.05) is 68.0 Å². The van der Waals surface area contributed by atoms with Gasteiger partial charge in [-0.25, -0.2) is 0 Å². The third kappa shape index (κ3) is 7.22. The average Bonchev–Trinajstić information content (AvgIpc) is 2.71. The number of carbonyl (C=O) groups excluding carboxylic acids is 2. The summed E-state index contributed by atoms with van der Waals surface area (Å²) in [6.45, 7) is 2.19. The van der Waals surface area contributed by atoms with E-state index in [1.165, 1.54) is 25.5 Å². The fraction of sp³-hybridized carbons (Fsp3) is 0.333. The number of rotatable bonds is 10. The summed E-state index contributed by atoms with van der Waals surface area (Å²) in [6, 6.07) is 15.9. The van der Waals surface area contributed by atoms with Crippen LogP contribution in [-0.4, -0.2) is 18.9 Å². The second-order valence-electron chi connectivity index (χ2n) is 6.67. The molecule has 0 aliphatic carbocycles. The molecule has 0 saturated carbocycles. The smallest absolute Gasteiger partial charge is 0.305 e. The van der Waals surface area contributed by atoms with Crippen molar-refractivity contribution in [3.8, 4) is 0 Å². The van der Waals surface area contributed by atoms with Crippen LogP contribution >= 0.6 is 0 Å². The summed E-state index contributed by atoms with van der Waals surface area (Å²) in [5.41, 5.74) is 4.15. The zero-order valence-corrected chi connectivity index (χ0v) is 16.2. The van der Waals surface area contributed by atoms with E-state index in [-0.39, 0.29) is 11.8 Å². The van der Waals surface area contributed by atoms with Gasteiger partial charge in [0.05, 0.1) is 7.11 Å². The van der Waals surface area contributed by atoms with Gasteiger partial charge < -0.3 is 4.74 Å². The predicted molar refractivity (Wildman–Crippen MR) is 110 cm³/mol. The minimum atomic E-state index is -0.190. The average molecular weight is 364 g/mol. The summed E-state index contributed by atoms with van der Waals surface area (Å²) < 4.78 is 4.63. The summed E-state index contributed by atoms with van der Waals surface area (Å²) >= 11 is 0. The first-order valence-corrected chi connectivity index (χ1v) is 9.59. The first-order chi connectivity index (χ1) is 13.1. The van der Waals surface area contributed by atoms with Crippen LogP contribution in [-0.2, 0) is 22.4 Å². The Morgan fingerprint density at radius 3 is 2.07 bits per heavy atom. The lowest BCUT2D eigenvalue weighted by Gasteiger charge is -2.03. The molecule has 0 fully saturated rings. The van der Waals surface area contributed by atoms with Crippen molar-refractivity contribution in [1.29, 1.82) is 0 Å². The third-order valence-corrected chi connectivity index (χ3v) is 4.54. The highest BCUT2D eigenvalue weighted by Crippen LogP contribution is 2.12. The minimum absolute atomic E-state index is 0.00818. The van der Waals surface area contributed by atoms with Crippen molar-refractivity contribution in [1.82, 2.24) is 0 Å². The third-order valence-electron chi connectivity index (χ3n) is 4.54. The first-order valence-electron chi connectivity index (χ1n) is 9.59. The number of ether oxygens (including phenoxy) is 1. The highest BCUT2D eigenvalue weighted by Gasteiger charge is 2.04. The molecule has 0 amide bonds. The molecule has 0 spiro atoms. The molecule has 0 unspecified atom stereocenters. The zero-order chi connectivity index (χ0) is 19.5. The van der Waals surface area contributed by atoms with Gasteiger partial charge >= 0.3 is 5.97 Å². The largest absolute Gasteiger partial charge is 0.469 e. The molecule has 0 saturated heterocycles. The number of benzene rings is 2. The number of hydrogen-bond acceptors (Lipinski definition) is 3. The molecule has 2 aromatic carbocycles. The lowest BCUT2D eigenvalue weighted by molar-refractivity contribution is -0.140. The Bertz CT molecular complexity index is 755. The molecule has 2 aromatic rings. The van der Waals surface area contributed by atoms with Crippen LogP contribution in [0.15, 0.2) is 54.6 Å². The van der Waals surface area contributed by atoms with Crippen molar-refractivity contribution in [3.05, 3.63) is 76.9 Å². The van der Waals surface area contributed by atoms with Crippen molar-refractivity contribution in [3.63, 3.8) is 0 Å². The van der Waals surface area contributed by atoms with Gasteiger partial charge in [-0.3, -0.25) is 9.59 Å². The maximum absolute atomic E-state index is 12.3. The summed E-state index contributed by atoms with van der Waals surface area (Å²) in [4.78, 5) is 23.5. The molecule has 0 N–H and O–H groups in total. The fourth-order valence-electron chi connectivity index (χ4n) is 2.82. The molecule has 142 valence electrons. The topological polar surface area (TPSA) is 43.4 Å². The normalized spacial score (nSPS) is 10.9. The van der Waals surface area contributed by atoms with E-state index in [1.807, 2.05) is 30.3 Å². The van der Waals surface area contributed by atoms with Crippen molar-refractivity contribution in [2.75, 3.05) is 7.11 Å². The molecule has 27 heavy (non-hydrogen) atoms. The Morgan fingerprint density at radius 1 is 0.889 bits per heavy atom. The first kappa shape index (κ1) is 20.6. The molecular formula is C24H28O3. The summed E-state index contributed by atoms with van der Waals surface area (Å²) in [5, 5.41) is 0. The Hall–Kier alpha value is -2.68. The van der Waals surface area contributed by atoms with Crippen LogP contribution in [0.1, 0.15) is 59.7 Å². The number of esters is 1. The van der Waals surface area contributed by atoms with Crippen molar-refractivity contribution in [2.24, 2.45) is 0 Å². The van der Waals surface area contributed by atoms with E-state index in [0.29, 0.717) is 12.0 Å². The number of unbranched alkanes of at least 4 members (excludes halogenated alkanes) is 1. The van der Waals surface area contributed by atoms with Crippen LogP contribution in [0.25, 0.3) is 6.08 Å². The van der Waals surface area contributed by atoms with E-state index >= 15 is 0 Å². The lowest BCUT2D eigenvalue weighted by Crippen LogP contribution is -2.00. The molecule has 3 nitrogen and oxygen atoms in total. The highest BCUT2D eigenvalue weighted by atomic mass is 16.5. The summed E-state index contributed by atoms with van der Waals surface area (Å²) in [5.74, 6) is -0.198. The fourth-order valence-corrected chi connectivity index (χ4v) is 2.82. The van der Waals surface area contributed by atoms with E-state index in [1.54, 1.807) is 6.08 Å². The van der Waals surface area contributed by atoms with E-state index in [9.17, 15) is 9.59 Å². The molecule has 0 aliphatic heterocycles. The van der Waals surface area contributed by atoms with E-state index in [2.05, 4.69) is 35.9 Å². The van der Waals surface area contributed by atoms with Gasteiger partial charge in [0, 0.05) is 12.0 Å². The lowest BCUT2D eigenvalue weighted by atomic mass is 10.0. The Labute approximate surface area is 162 Å². The Morgan fingerprint density at radius 2 is 1.48 bits per heavy atom.